The predicted octanol–water partition coefficient (Wildman–Crippen LogP) is 9.75. The average Bonchev–Trinajstić information content (AvgIpc) is 2.82. The Kier molecular flexibility index (Phi) is 21.2. The van der Waals surface area contributed by atoms with Gasteiger partial charge in [-0.25, -0.2) is 0 Å². The molecule has 32 heavy (non-hydrogen) atoms. The molecule has 1 fully saturated rings. The molecular weight excluding hydrogens is 390 g/mol. The van der Waals surface area contributed by atoms with Crippen LogP contribution < -0.4 is 5.32 Å². The van der Waals surface area contributed by atoms with Crippen LogP contribution in [0.25, 0.3) is 0 Å². The van der Waals surface area contributed by atoms with Gasteiger partial charge in [0.15, 0.2) is 0 Å². The van der Waals surface area contributed by atoms with E-state index >= 15 is 0 Å². The fourth-order valence-electron chi connectivity index (χ4n) is 5.38. The van der Waals surface area contributed by atoms with Crippen molar-refractivity contribution in [1.29, 1.82) is 0 Å². The molecule has 2 nitrogen and oxygen atoms in total. The fourth-order valence-corrected chi connectivity index (χ4v) is 5.38. The Morgan fingerprint density at radius 3 is 1.16 bits per heavy atom. The van der Waals surface area contributed by atoms with Crippen molar-refractivity contribution < 1.29 is 4.74 Å². The molecule has 1 N–H and O–H groups in total. The lowest BCUT2D eigenvalue weighted by atomic mass is 9.88. The number of ether oxygens (including phenoxy) is 1. The molecule has 1 aliphatic heterocycles. The maximum absolute atomic E-state index is 6.39. The summed E-state index contributed by atoms with van der Waals surface area (Å²) in [6.45, 7) is 7.64. The van der Waals surface area contributed by atoms with Crippen LogP contribution in [0.5, 0.6) is 0 Å². The minimum atomic E-state index is 0.150. The highest BCUT2D eigenvalue weighted by atomic mass is 16.5. The van der Waals surface area contributed by atoms with E-state index in [1.54, 1.807) is 0 Å². The van der Waals surface area contributed by atoms with Gasteiger partial charge in [0.1, 0.15) is 0 Å². The fraction of sp³-hybridized carbons (Fsp3) is 1.00. The first-order valence-electron chi connectivity index (χ1n) is 15.2. The van der Waals surface area contributed by atoms with E-state index in [4.69, 9.17) is 4.74 Å². The molecule has 0 aromatic rings. The maximum atomic E-state index is 6.39. The zero-order chi connectivity index (χ0) is 23.0. The van der Waals surface area contributed by atoms with E-state index in [9.17, 15) is 0 Å². The van der Waals surface area contributed by atoms with Gasteiger partial charge in [0.25, 0.3) is 0 Å². The number of morpholine rings is 1. The lowest BCUT2D eigenvalue weighted by molar-refractivity contribution is -0.0791. The zero-order valence-corrected chi connectivity index (χ0v) is 22.5. The summed E-state index contributed by atoms with van der Waals surface area (Å²) >= 11 is 0. The van der Waals surface area contributed by atoms with Crippen molar-refractivity contribution in [2.24, 2.45) is 0 Å². The molecular formula is C30H61NO. The topological polar surface area (TPSA) is 21.3 Å². The number of unbranched alkanes of at least 4 members (excludes halogenated alkanes) is 20. The Labute approximate surface area is 203 Å². The van der Waals surface area contributed by atoms with Crippen LogP contribution >= 0.6 is 0 Å². The van der Waals surface area contributed by atoms with E-state index in [0.717, 1.165) is 19.7 Å². The summed E-state index contributed by atoms with van der Waals surface area (Å²) in [7, 11) is 0. The maximum Gasteiger partial charge on any atom is 0.0806 e. The highest BCUT2D eigenvalue weighted by molar-refractivity contribution is 4.86. The van der Waals surface area contributed by atoms with E-state index in [1.807, 2.05) is 0 Å². The minimum Gasteiger partial charge on any atom is -0.372 e. The van der Waals surface area contributed by atoms with Gasteiger partial charge in [-0.15, -0.1) is 0 Å². The molecule has 0 radical (unpaired) electrons. The predicted molar refractivity (Wildman–Crippen MR) is 144 cm³/mol. The minimum absolute atomic E-state index is 0.150. The second kappa shape index (κ2) is 22.7. The quantitative estimate of drug-likeness (QED) is 0.147. The summed E-state index contributed by atoms with van der Waals surface area (Å²) in [5, 5.41) is 3.63. The Morgan fingerprint density at radius 1 is 0.500 bits per heavy atom. The van der Waals surface area contributed by atoms with E-state index < -0.39 is 0 Å². The molecule has 1 rings (SSSR count). The highest BCUT2D eigenvalue weighted by Gasteiger charge is 2.31. The first kappa shape index (κ1) is 30.0. The van der Waals surface area contributed by atoms with Crippen LogP contribution in [0.2, 0.25) is 0 Å². The highest BCUT2D eigenvalue weighted by Crippen LogP contribution is 2.28. The Morgan fingerprint density at radius 2 is 0.844 bits per heavy atom. The normalized spacial score (nSPS) is 15.9. The van der Waals surface area contributed by atoms with Crippen LogP contribution in [0, 0.1) is 0 Å². The SMILES string of the molecule is CCCCCCCCCCCCCC1(CCCCCCCCCCCCC)CNCCO1. The summed E-state index contributed by atoms with van der Waals surface area (Å²) < 4.78 is 6.39. The number of hydrogen-bond donors (Lipinski definition) is 1. The molecule has 2 heteroatoms. The molecule has 0 aromatic heterocycles. The summed E-state index contributed by atoms with van der Waals surface area (Å²) in [5.41, 5.74) is 0.150. The van der Waals surface area contributed by atoms with E-state index in [2.05, 4.69) is 19.2 Å². The first-order valence-corrected chi connectivity index (χ1v) is 15.2. The lowest BCUT2D eigenvalue weighted by Gasteiger charge is -2.38. The summed E-state index contributed by atoms with van der Waals surface area (Å²) in [4.78, 5) is 0. The number of hydrogen-bond acceptors (Lipinski definition) is 2. The molecule has 192 valence electrons. The van der Waals surface area contributed by atoms with Crippen molar-refractivity contribution in [2.75, 3.05) is 19.7 Å². The van der Waals surface area contributed by atoms with Crippen molar-refractivity contribution in [1.82, 2.24) is 5.32 Å². The third-order valence-electron chi connectivity index (χ3n) is 7.61. The van der Waals surface area contributed by atoms with E-state index in [0.29, 0.717) is 0 Å². The zero-order valence-electron chi connectivity index (χ0n) is 22.5. The van der Waals surface area contributed by atoms with Crippen LogP contribution in [0.15, 0.2) is 0 Å². The van der Waals surface area contributed by atoms with Gasteiger partial charge in [0.2, 0.25) is 0 Å². The van der Waals surface area contributed by atoms with Crippen molar-refractivity contribution in [3.63, 3.8) is 0 Å². The van der Waals surface area contributed by atoms with Crippen LogP contribution in [0.4, 0.5) is 0 Å². The second-order valence-corrected chi connectivity index (χ2v) is 10.8. The Hall–Kier alpha value is -0.0800. The molecule has 1 aliphatic rings. The van der Waals surface area contributed by atoms with Gasteiger partial charge in [-0.05, 0) is 12.8 Å². The van der Waals surface area contributed by atoms with Crippen molar-refractivity contribution in [3.05, 3.63) is 0 Å². The Balaban J connectivity index is 2.00. The van der Waals surface area contributed by atoms with Crippen molar-refractivity contribution >= 4 is 0 Å². The van der Waals surface area contributed by atoms with Crippen LogP contribution in [0.3, 0.4) is 0 Å². The van der Waals surface area contributed by atoms with Crippen molar-refractivity contribution in [3.8, 4) is 0 Å². The van der Waals surface area contributed by atoms with Gasteiger partial charge in [-0.3, -0.25) is 0 Å². The summed E-state index contributed by atoms with van der Waals surface area (Å²) in [5.74, 6) is 0. The molecule has 0 aliphatic carbocycles. The lowest BCUT2D eigenvalue weighted by Crippen LogP contribution is -2.49. The molecule has 0 spiro atoms. The van der Waals surface area contributed by atoms with E-state index in [1.165, 1.54) is 154 Å². The molecule has 0 saturated carbocycles. The smallest absolute Gasteiger partial charge is 0.0806 e. The van der Waals surface area contributed by atoms with Gasteiger partial charge in [-0.1, -0.05) is 155 Å². The van der Waals surface area contributed by atoms with Gasteiger partial charge in [0, 0.05) is 13.1 Å². The summed E-state index contributed by atoms with van der Waals surface area (Å²) in [6, 6.07) is 0. The van der Waals surface area contributed by atoms with Gasteiger partial charge in [-0.2, -0.15) is 0 Å². The third-order valence-corrected chi connectivity index (χ3v) is 7.61. The molecule has 1 heterocycles. The van der Waals surface area contributed by atoms with Crippen molar-refractivity contribution in [2.45, 2.75) is 174 Å². The third kappa shape index (κ3) is 17.4. The van der Waals surface area contributed by atoms with Gasteiger partial charge >= 0.3 is 0 Å². The molecule has 0 atom stereocenters. The van der Waals surface area contributed by atoms with Crippen LogP contribution in [-0.2, 0) is 4.74 Å². The standard InChI is InChI=1S/C30H61NO/c1-3-5-7-9-11-13-15-17-19-21-23-25-30(29-31-27-28-32-30)26-24-22-20-18-16-14-12-10-8-6-4-2/h31H,3-29H2,1-2H3. The van der Waals surface area contributed by atoms with Crippen LogP contribution in [-0.4, -0.2) is 25.3 Å². The molecule has 0 unspecified atom stereocenters. The summed E-state index contributed by atoms with van der Waals surface area (Å²) in [6.07, 6.45) is 33.9. The van der Waals surface area contributed by atoms with E-state index in [-0.39, 0.29) is 5.60 Å². The largest absolute Gasteiger partial charge is 0.372 e. The average molecular weight is 452 g/mol. The monoisotopic (exact) mass is 451 g/mol. The molecule has 1 saturated heterocycles. The second-order valence-electron chi connectivity index (χ2n) is 10.8. The van der Waals surface area contributed by atoms with Crippen LogP contribution in [0.1, 0.15) is 168 Å². The molecule has 0 aromatic carbocycles. The first-order chi connectivity index (χ1) is 15.8. The Bertz CT molecular complexity index is 336. The number of nitrogens with one attached hydrogen (secondary N) is 1. The molecule has 0 bridgehead atoms. The van der Waals surface area contributed by atoms with Gasteiger partial charge in [0.05, 0.1) is 12.2 Å². The number of rotatable bonds is 24. The van der Waals surface area contributed by atoms with Gasteiger partial charge < -0.3 is 10.1 Å². The molecule has 0 amide bonds.